The van der Waals surface area contributed by atoms with Gasteiger partial charge in [-0.1, -0.05) is 30.3 Å². The lowest BCUT2D eigenvalue weighted by atomic mass is 10.1. The van der Waals surface area contributed by atoms with E-state index in [2.05, 4.69) is 54.4 Å². The zero-order chi connectivity index (χ0) is 15.2. The standard InChI is InChI=1S/C17H25N3O/c1-14-13-16(20(4)18-14)17(15-9-6-5-7-10-15)21-12-8-11-19(2)3/h5-7,9-10,13,17H,8,11-12H2,1-4H3. The summed E-state index contributed by atoms with van der Waals surface area (Å²) in [5.74, 6) is 0. The van der Waals surface area contributed by atoms with Crippen molar-refractivity contribution >= 4 is 0 Å². The summed E-state index contributed by atoms with van der Waals surface area (Å²) in [5, 5.41) is 4.44. The Labute approximate surface area is 127 Å². The maximum absolute atomic E-state index is 6.17. The smallest absolute Gasteiger partial charge is 0.124 e. The first-order valence-electron chi connectivity index (χ1n) is 7.39. The second-order valence-corrected chi connectivity index (χ2v) is 5.65. The van der Waals surface area contributed by atoms with E-state index in [0.717, 1.165) is 31.0 Å². The molecule has 0 aliphatic heterocycles. The van der Waals surface area contributed by atoms with Crippen LogP contribution < -0.4 is 0 Å². The summed E-state index contributed by atoms with van der Waals surface area (Å²) < 4.78 is 8.09. The van der Waals surface area contributed by atoms with Gasteiger partial charge in [-0.3, -0.25) is 4.68 Å². The predicted molar refractivity (Wildman–Crippen MR) is 85.4 cm³/mol. The van der Waals surface area contributed by atoms with E-state index in [9.17, 15) is 0 Å². The summed E-state index contributed by atoms with van der Waals surface area (Å²) >= 11 is 0. The molecule has 0 N–H and O–H groups in total. The van der Waals surface area contributed by atoms with Crippen molar-refractivity contribution in [1.82, 2.24) is 14.7 Å². The molecule has 21 heavy (non-hydrogen) atoms. The molecule has 0 radical (unpaired) electrons. The van der Waals surface area contributed by atoms with Gasteiger partial charge in [-0.05, 0) is 45.6 Å². The third kappa shape index (κ3) is 4.41. The molecule has 2 rings (SSSR count). The first-order valence-corrected chi connectivity index (χ1v) is 7.39. The van der Waals surface area contributed by atoms with Crippen molar-refractivity contribution in [2.24, 2.45) is 7.05 Å². The van der Waals surface area contributed by atoms with Crippen LogP contribution >= 0.6 is 0 Å². The van der Waals surface area contributed by atoms with Gasteiger partial charge in [-0.15, -0.1) is 0 Å². The Morgan fingerprint density at radius 2 is 1.95 bits per heavy atom. The minimum absolute atomic E-state index is 0.0560. The molecule has 0 aliphatic carbocycles. The molecule has 4 heteroatoms. The fourth-order valence-electron chi connectivity index (χ4n) is 2.44. The molecule has 0 amide bonds. The predicted octanol–water partition coefficient (Wildman–Crippen LogP) is 2.79. The summed E-state index contributed by atoms with van der Waals surface area (Å²) in [4.78, 5) is 2.18. The van der Waals surface area contributed by atoms with Crippen LogP contribution in [0.5, 0.6) is 0 Å². The molecule has 1 aromatic heterocycles. The van der Waals surface area contributed by atoms with Gasteiger partial charge >= 0.3 is 0 Å². The van der Waals surface area contributed by atoms with Crippen molar-refractivity contribution < 1.29 is 4.74 Å². The molecule has 114 valence electrons. The van der Waals surface area contributed by atoms with E-state index in [1.54, 1.807) is 0 Å². The molecular weight excluding hydrogens is 262 g/mol. The Balaban J connectivity index is 2.13. The van der Waals surface area contributed by atoms with Gasteiger partial charge in [0.05, 0.1) is 11.4 Å². The molecule has 2 aromatic rings. The lowest BCUT2D eigenvalue weighted by Gasteiger charge is -2.19. The Kier molecular flexibility index (Phi) is 5.53. The Morgan fingerprint density at radius 1 is 1.24 bits per heavy atom. The molecule has 0 saturated heterocycles. The van der Waals surface area contributed by atoms with Gasteiger partial charge < -0.3 is 9.64 Å². The minimum atomic E-state index is -0.0560. The highest BCUT2D eigenvalue weighted by Crippen LogP contribution is 2.26. The van der Waals surface area contributed by atoms with Crippen LogP contribution in [0, 0.1) is 6.92 Å². The third-order valence-electron chi connectivity index (χ3n) is 3.44. The van der Waals surface area contributed by atoms with E-state index in [1.165, 1.54) is 5.56 Å². The Hall–Kier alpha value is -1.65. The highest BCUT2D eigenvalue weighted by molar-refractivity contribution is 5.27. The van der Waals surface area contributed by atoms with Gasteiger partial charge in [0.25, 0.3) is 0 Å². The summed E-state index contributed by atoms with van der Waals surface area (Å²) in [6.45, 7) is 3.78. The van der Waals surface area contributed by atoms with Crippen molar-refractivity contribution in [3.05, 3.63) is 53.3 Å². The van der Waals surface area contributed by atoms with Crippen molar-refractivity contribution in [3.8, 4) is 0 Å². The molecule has 1 heterocycles. The van der Waals surface area contributed by atoms with E-state index in [0.29, 0.717) is 0 Å². The number of hydrogen-bond donors (Lipinski definition) is 0. The normalized spacial score (nSPS) is 12.8. The summed E-state index contributed by atoms with van der Waals surface area (Å²) in [6, 6.07) is 12.5. The van der Waals surface area contributed by atoms with Crippen molar-refractivity contribution in [2.75, 3.05) is 27.2 Å². The van der Waals surface area contributed by atoms with Crippen LogP contribution in [0.1, 0.15) is 29.5 Å². The molecule has 1 unspecified atom stereocenters. The molecule has 4 nitrogen and oxygen atoms in total. The lowest BCUT2D eigenvalue weighted by Crippen LogP contribution is -2.17. The first-order chi connectivity index (χ1) is 10.1. The Morgan fingerprint density at radius 3 is 2.52 bits per heavy atom. The summed E-state index contributed by atoms with van der Waals surface area (Å²) in [7, 11) is 6.14. The zero-order valence-electron chi connectivity index (χ0n) is 13.4. The third-order valence-corrected chi connectivity index (χ3v) is 3.44. The van der Waals surface area contributed by atoms with Crippen molar-refractivity contribution in [1.29, 1.82) is 0 Å². The van der Waals surface area contributed by atoms with Crippen LogP contribution in [-0.2, 0) is 11.8 Å². The molecule has 0 bridgehead atoms. The summed E-state index contributed by atoms with van der Waals surface area (Å²) in [6.07, 6.45) is 0.965. The molecule has 1 atom stereocenters. The highest BCUT2D eigenvalue weighted by atomic mass is 16.5. The number of rotatable bonds is 7. The van der Waals surface area contributed by atoms with E-state index in [-0.39, 0.29) is 6.10 Å². The topological polar surface area (TPSA) is 30.3 Å². The number of aromatic nitrogens is 2. The zero-order valence-corrected chi connectivity index (χ0v) is 13.4. The summed E-state index contributed by atoms with van der Waals surface area (Å²) in [5.41, 5.74) is 3.29. The number of benzene rings is 1. The van der Waals surface area contributed by atoms with Crippen LogP contribution in [0.3, 0.4) is 0 Å². The van der Waals surface area contributed by atoms with Gasteiger partial charge in [0.2, 0.25) is 0 Å². The van der Waals surface area contributed by atoms with Crippen LogP contribution in [0.25, 0.3) is 0 Å². The fraction of sp³-hybridized carbons (Fsp3) is 0.471. The fourth-order valence-corrected chi connectivity index (χ4v) is 2.44. The van der Waals surface area contributed by atoms with Crippen LogP contribution in [0.2, 0.25) is 0 Å². The van der Waals surface area contributed by atoms with Gasteiger partial charge in [0, 0.05) is 13.7 Å². The molecular formula is C17H25N3O. The minimum Gasteiger partial charge on any atom is -0.367 e. The van der Waals surface area contributed by atoms with Crippen molar-refractivity contribution in [2.45, 2.75) is 19.4 Å². The second-order valence-electron chi connectivity index (χ2n) is 5.65. The second kappa shape index (κ2) is 7.38. The number of aryl methyl sites for hydroxylation is 2. The average Bonchev–Trinajstić information content (AvgIpc) is 2.78. The first kappa shape index (κ1) is 15.7. The van der Waals surface area contributed by atoms with Gasteiger partial charge in [-0.2, -0.15) is 5.10 Å². The maximum Gasteiger partial charge on any atom is 0.124 e. The number of ether oxygens (including phenoxy) is 1. The largest absolute Gasteiger partial charge is 0.367 e. The van der Waals surface area contributed by atoms with Gasteiger partial charge in [0.15, 0.2) is 0 Å². The number of hydrogen-bond acceptors (Lipinski definition) is 3. The van der Waals surface area contributed by atoms with E-state index in [4.69, 9.17) is 4.74 Å². The monoisotopic (exact) mass is 287 g/mol. The molecule has 0 fully saturated rings. The molecule has 0 aliphatic rings. The van der Waals surface area contributed by atoms with Gasteiger partial charge in [-0.25, -0.2) is 0 Å². The van der Waals surface area contributed by atoms with E-state index >= 15 is 0 Å². The molecule has 0 saturated carbocycles. The number of nitrogens with zero attached hydrogens (tertiary/aromatic N) is 3. The Bertz CT molecular complexity index is 548. The van der Waals surface area contributed by atoms with E-state index in [1.807, 2.05) is 24.7 Å². The van der Waals surface area contributed by atoms with Crippen LogP contribution in [0.4, 0.5) is 0 Å². The SMILES string of the molecule is Cc1cc(C(OCCCN(C)C)c2ccccc2)n(C)n1. The quantitative estimate of drug-likeness (QED) is 0.734. The van der Waals surface area contributed by atoms with Crippen molar-refractivity contribution in [3.63, 3.8) is 0 Å². The van der Waals surface area contributed by atoms with E-state index < -0.39 is 0 Å². The molecule has 1 aromatic carbocycles. The van der Waals surface area contributed by atoms with Crippen LogP contribution in [-0.4, -0.2) is 41.9 Å². The average molecular weight is 287 g/mol. The molecule has 0 spiro atoms. The van der Waals surface area contributed by atoms with Gasteiger partial charge in [0.1, 0.15) is 6.10 Å². The maximum atomic E-state index is 6.17. The van der Waals surface area contributed by atoms with Crippen LogP contribution in [0.15, 0.2) is 36.4 Å². The lowest BCUT2D eigenvalue weighted by molar-refractivity contribution is 0.0693. The highest BCUT2D eigenvalue weighted by Gasteiger charge is 2.18.